The molecule has 0 heterocycles. The third-order valence-corrected chi connectivity index (χ3v) is 12.4. The highest BCUT2D eigenvalue weighted by Crippen LogP contribution is 2.42. The van der Waals surface area contributed by atoms with Gasteiger partial charge in [0.1, 0.15) is 0 Å². The molecule has 186 valence electrons. The van der Waals surface area contributed by atoms with E-state index in [0.717, 1.165) is 16.6 Å². The summed E-state index contributed by atoms with van der Waals surface area (Å²) >= 11 is 0. The summed E-state index contributed by atoms with van der Waals surface area (Å²) in [6, 6.07) is 20.5. The summed E-state index contributed by atoms with van der Waals surface area (Å²) in [4.78, 5) is 12.6. The Bertz CT molecular complexity index is 1030. The molecule has 8 heteroatoms. The average Bonchev–Trinajstić information content (AvgIpc) is 2.78. The molecule has 0 spiro atoms. The predicted molar refractivity (Wildman–Crippen MR) is 136 cm³/mol. The Morgan fingerprint density at radius 3 is 1.79 bits per heavy atom. The molecule has 6 nitrogen and oxygen atoms in total. The van der Waals surface area contributed by atoms with Gasteiger partial charge in [0.2, 0.25) is 0 Å². The summed E-state index contributed by atoms with van der Waals surface area (Å²) in [5.74, 6) is -1.11. The van der Waals surface area contributed by atoms with E-state index in [0.29, 0.717) is 6.42 Å². The quantitative estimate of drug-likeness (QED) is 0.326. The van der Waals surface area contributed by atoms with Crippen LogP contribution in [0.4, 0.5) is 0 Å². The second-order valence-electron chi connectivity index (χ2n) is 10.2. The lowest BCUT2D eigenvalue weighted by Crippen LogP contribution is -2.68. The fraction of sp³-hybridized carbons (Fsp3) is 0.500. The number of benzene rings is 2. The molecule has 34 heavy (non-hydrogen) atoms. The maximum Gasteiger partial charge on any atom is 0.308 e. The van der Waals surface area contributed by atoms with Crippen molar-refractivity contribution in [3.05, 3.63) is 60.7 Å². The molecule has 0 bridgehead atoms. The highest BCUT2D eigenvalue weighted by atomic mass is 32.2. The summed E-state index contributed by atoms with van der Waals surface area (Å²) in [7, 11) is -5.26. The number of rotatable bonds is 7. The topological polar surface area (TPSA) is 78.9 Å². The molecule has 1 aliphatic carbocycles. The lowest BCUT2D eigenvalue weighted by Gasteiger charge is -2.48. The van der Waals surface area contributed by atoms with Gasteiger partial charge in [0.15, 0.2) is 0 Å². The first-order valence-electron chi connectivity index (χ1n) is 11.6. The lowest BCUT2D eigenvalue weighted by molar-refractivity contribution is -0.150. The maximum absolute atomic E-state index is 12.6. The van der Waals surface area contributed by atoms with E-state index >= 15 is 0 Å². The molecule has 0 aliphatic heterocycles. The first-order chi connectivity index (χ1) is 15.9. The van der Waals surface area contributed by atoms with Gasteiger partial charge in [-0.2, -0.15) is 8.42 Å². The Morgan fingerprint density at radius 1 is 0.912 bits per heavy atom. The van der Waals surface area contributed by atoms with Gasteiger partial charge in [0, 0.05) is 5.92 Å². The van der Waals surface area contributed by atoms with Crippen molar-refractivity contribution in [3.63, 3.8) is 0 Å². The van der Waals surface area contributed by atoms with Gasteiger partial charge in [-0.25, -0.2) is 0 Å². The molecule has 0 N–H and O–H groups in total. The summed E-state index contributed by atoms with van der Waals surface area (Å²) < 4.78 is 41.8. The van der Waals surface area contributed by atoms with Crippen molar-refractivity contribution in [2.75, 3.05) is 13.4 Å². The molecule has 1 saturated carbocycles. The minimum Gasteiger partial charge on any atom is -0.469 e. The lowest BCUT2D eigenvalue weighted by atomic mass is 9.79. The van der Waals surface area contributed by atoms with Crippen LogP contribution < -0.4 is 10.4 Å². The maximum atomic E-state index is 12.6. The predicted octanol–water partition coefficient (Wildman–Crippen LogP) is 3.50. The van der Waals surface area contributed by atoms with Gasteiger partial charge in [0.25, 0.3) is 18.4 Å². The number of hydrogen-bond acceptors (Lipinski definition) is 6. The van der Waals surface area contributed by atoms with Crippen LogP contribution in [0.25, 0.3) is 0 Å². The number of hydrogen-bond donors (Lipinski definition) is 0. The summed E-state index contributed by atoms with van der Waals surface area (Å²) in [5.41, 5.74) is 0. The van der Waals surface area contributed by atoms with E-state index in [-0.39, 0.29) is 23.3 Å². The van der Waals surface area contributed by atoms with Gasteiger partial charge < -0.3 is 9.16 Å². The van der Waals surface area contributed by atoms with Gasteiger partial charge in [0.05, 0.1) is 31.5 Å². The molecular formula is C26H36O6SSi. The molecule has 0 radical (unpaired) electrons. The smallest absolute Gasteiger partial charge is 0.308 e. The van der Waals surface area contributed by atoms with E-state index in [1.165, 1.54) is 7.11 Å². The first kappa shape index (κ1) is 26.6. The average molecular weight is 505 g/mol. The Hall–Kier alpha value is -2.00. The van der Waals surface area contributed by atoms with Gasteiger partial charge in [-0.1, -0.05) is 88.4 Å². The van der Waals surface area contributed by atoms with Gasteiger partial charge in [-0.3, -0.25) is 8.98 Å². The van der Waals surface area contributed by atoms with Crippen molar-refractivity contribution in [3.8, 4) is 0 Å². The first-order valence-corrected chi connectivity index (χ1v) is 15.4. The van der Waals surface area contributed by atoms with Crippen molar-refractivity contribution in [1.29, 1.82) is 0 Å². The van der Waals surface area contributed by atoms with E-state index in [2.05, 4.69) is 45.0 Å². The van der Waals surface area contributed by atoms with E-state index in [4.69, 9.17) is 13.3 Å². The monoisotopic (exact) mass is 504 g/mol. The molecule has 2 aromatic carbocycles. The number of esters is 1. The zero-order valence-corrected chi connectivity index (χ0v) is 22.7. The largest absolute Gasteiger partial charge is 0.469 e. The van der Waals surface area contributed by atoms with Gasteiger partial charge >= 0.3 is 5.97 Å². The van der Waals surface area contributed by atoms with Crippen molar-refractivity contribution >= 4 is 34.8 Å². The van der Waals surface area contributed by atoms with Crippen LogP contribution in [0.15, 0.2) is 60.7 Å². The molecule has 1 aliphatic rings. The van der Waals surface area contributed by atoms with E-state index in [1.807, 2.05) is 43.3 Å². The fourth-order valence-corrected chi connectivity index (χ4v) is 10.6. The zero-order valence-electron chi connectivity index (χ0n) is 20.9. The molecule has 0 amide bonds. The molecule has 2 aromatic rings. The zero-order chi connectivity index (χ0) is 25.1. The standard InChI is InChI=1S/C26H36O6SSi/c1-19-23(31-33(6,28)29)17-20(25(27)30-5)18-24(19)32-34(26(2,3)4,21-13-9-7-10-14-21)22-15-11-8-12-16-22/h7-16,19-20,23-24H,17-18H2,1-6H3/t19-,20-,23+,24-/m0/s1. The van der Waals surface area contributed by atoms with Crippen molar-refractivity contribution in [2.45, 2.75) is 57.8 Å². The fourth-order valence-electron chi connectivity index (χ4n) is 5.11. The summed E-state index contributed by atoms with van der Waals surface area (Å²) in [5, 5.41) is 2.00. The molecule has 0 saturated heterocycles. The van der Waals surface area contributed by atoms with Crippen molar-refractivity contribution < 1.29 is 26.6 Å². The van der Waals surface area contributed by atoms with Crippen molar-refractivity contribution in [1.82, 2.24) is 0 Å². The molecule has 0 aromatic heterocycles. The van der Waals surface area contributed by atoms with Crippen LogP contribution in [0.5, 0.6) is 0 Å². The minimum atomic E-state index is -3.71. The van der Waals surface area contributed by atoms with Crippen LogP contribution in [0.1, 0.15) is 40.5 Å². The van der Waals surface area contributed by atoms with E-state index in [1.54, 1.807) is 0 Å². The normalized spacial score (nSPS) is 23.9. The summed E-state index contributed by atoms with van der Waals surface area (Å²) in [6.07, 6.45) is 0.704. The number of ether oxygens (including phenoxy) is 1. The summed E-state index contributed by atoms with van der Waals surface area (Å²) in [6.45, 7) is 8.52. The Morgan fingerprint density at radius 2 is 1.38 bits per heavy atom. The van der Waals surface area contributed by atoms with E-state index in [9.17, 15) is 13.2 Å². The number of methoxy groups -OCH3 is 1. The highest BCUT2D eigenvalue weighted by Gasteiger charge is 2.54. The van der Waals surface area contributed by atoms with Crippen LogP contribution in [0, 0.1) is 11.8 Å². The van der Waals surface area contributed by atoms with Crippen LogP contribution in [-0.4, -0.2) is 48.3 Å². The van der Waals surface area contributed by atoms with Crippen LogP contribution >= 0.6 is 0 Å². The van der Waals surface area contributed by atoms with Crippen LogP contribution in [0.3, 0.4) is 0 Å². The molecule has 4 atom stereocenters. The van der Waals surface area contributed by atoms with Gasteiger partial charge in [-0.15, -0.1) is 0 Å². The number of carbonyl (C=O) groups is 1. The Kier molecular flexibility index (Phi) is 8.07. The Balaban J connectivity index is 2.14. The van der Waals surface area contributed by atoms with Crippen LogP contribution in [0.2, 0.25) is 5.04 Å². The minimum absolute atomic E-state index is 0.239. The second-order valence-corrected chi connectivity index (χ2v) is 16.1. The third-order valence-electron chi connectivity index (χ3n) is 6.78. The third kappa shape index (κ3) is 5.62. The molecule has 1 fully saturated rings. The second kappa shape index (κ2) is 10.3. The van der Waals surface area contributed by atoms with Crippen LogP contribution in [-0.2, 0) is 28.3 Å². The van der Waals surface area contributed by atoms with E-state index < -0.39 is 36.6 Å². The van der Waals surface area contributed by atoms with Gasteiger partial charge in [-0.05, 0) is 28.3 Å². The number of carbonyl (C=O) groups excluding carboxylic acids is 1. The molecule has 3 rings (SSSR count). The highest BCUT2D eigenvalue weighted by molar-refractivity contribution is 7.86. The molecule has 0 unspecified atom stereocenters. The Labute approximate surface area is 204 Å². The SMILES string of the molecule is COC(=O)[C@@H]1C[C@H](O[Si](c2ccccc2)(c2ccccc2)C(C)(C)C)[C@@H](C)[C@H](OS(C)(=O)=O)C1. The molecular weight excluding hydrogens is 468 g/mol. The van der Waals surface area contributed by atoms with Crippen molar-refractivity contribution in [2.24, 2.45) is 11.8 Å².